The molecule has 1 atom stereocenters. The third kappa shape index (κ3) is 2.97. The van der Waals surface area contributed by atoms with Gasteiger partial charge >= 0.3 is 0 Å². The van der Waals surface area contributed by atoms with Crippen molar-refractivity contribution in [1.82, 2.24) is 9.78 Å². The molecule has 0 amide bonds. The second-order valence-corrected chi connectivity index (χ2v) is 5.36. The number of aromatic nitrogens is 2. The molecule has 0 saturated carbocycles. The molecule has 0 radical (unpaired) electrons. The zero-order valence-electron chi connectivity index (χ0n) is 10.9. The van der Waals surface area contributed by atoms with Crippen LogP contribution in [-0.4, -0.2) is 15.1 Å². The Hall–Kier alpha value is -1.36. The Morgan fingerprint density at radius 3 is 2.58 bits per heavy atom. The van der Waals surface area contributed by atoms with E-state index in [4.69, 9.17) is 0 Å². The largest absolute Gasteiger partial charge is 0.273 e. The second-order valence-electron chi connectivity index (χ2n) is 4.71. The molecule has 2 aromatic rings. The van der Waals surface area contributed by atoms with Crippen molar-refractivity contribution >= 4 is 26.7 Å². The Morgan fingerprint density at radius 1 is 1.26 bits per heavy atom. The average molecular weight is 325 g/mol. The number of hydrogen-bond donors (Lipinski definition) is 1. The zero-order chi connectivity index (χ0) is 13.8. The lowest BCUT2D eigenvalue weighted by Crippen LogP contribution is -2.32. The highest BCUT2D eigenvalue weighted by atomic mass is 79.9. The first kappa shape index (κ1) is 14.1. The number of alkyl halides is 1. The van der Waals surface area contributed by atoms with Gasteiger partial charge in [-0.05, 0) is 24.5 Å². The molecule has 0 bridgehead atoms. The van der Waals surface area contributed by atoms with Gasteiger partial charge in [0.15, 0.2) is 0 Å². The van der Waals surface area contributed by atoms with Crippen molar-refractivity contribution in [3.05, 3.63) is 45.0 Å². The van der Waals surface area contributed by atoms with Crippen LogP contribution >= 0.6 is 15.9 Å². The number of nitrogens with zero attached hydrogens (tertiary/aromatic N) is 1. The van der Waals surface area contributed by atoms with Gasteiger partial charge < -0.3 is 0 Å². The molecule has 1 heterocycles. The Labute approximate surface area is 119 Å². The minimum absolute atomic E-state index is 0.128. The number of rotatable bonds is 5. The van der Waals surface area contributed by atoms with Gasteiger partial charge in [0.2, 0.25) is 0 Å². The molecule has 0 aliphatic heterocycles. The third-order valence-corrected chi connectivity index (χ3v) is 4.16. The second kappa shape index (κ2) is 6.19. The van der Waals surface area contributed by atoms with Crippen LogP contribution in [0, 0.1) is 5.92 Å². The molecule has 4 nitrogen and oxygen atoms in total. The first-order chi connectivity index (χ1) is 9.17. The van der Waals surface area contributed by atoms with E-state index in [2.05, 4.69) is 28.0 Å². The van der Waals surface area contributed by atoms with E-state index in [0.717, 1.165) is 18.2 Å². The molecule has 0 spiro atoms. The third-order valence-electron chi connectivity index (χ3n) is 3.24. The summed E-state index contributed by atoms with van der Waals surface area (Å²) in [4.78, 5) is 24.3. The quantitative estimate of drug-likeness (QED) is 0.859. The van der Waals surface area contributed by atoms with Gasteiger partial charge in [0.1, 0.15) is 0 Å². The lowest BCUT2D eigenvalue weighted by Gasteiger charge is -2.14. The molecule has 0 aliphatic rings. The summed E-state index contributed by atoms with van der Waals surface area (Å²) in [5, 5.41) is 4.43. The summed E-state index contributed by atoms with van der Waals surface area (Å²) in [6.07, 6.45) is 2.08. The molecule has 0 saturated heterocycles. The van der Waals surface area contributed by atoms with Gasteiger partial charge in [-0.3, -0.25) is 14.7 Å². The molecular weight excluding hydrogens is 308 g/mol. The van der Waals surface area contributed by atoms with Crippen LogP contribution in [0.25, 0.3) is 10.8 Å². The topological polar surface area (TPSA) is 54.9 Å². The fraction of sp³-hybridized carbons (Fsp3) is 0.429. The van der Waals surface area contributed by atoms with E-state index < -0.39 is 0 Å². The number of halogens is 1. The van der Waals surface area contributed by atoms with Crippen LogP contribution in [0.15, 0.2) is 33.9 Å². The molecule has 102 valence electrons. The van der Waals surface area contributed by atoms with Crippen LogP contribution < -0.4 is 11.1 Å². The van der Waals surface area contributed by atoms with Crippen molar-refractivity contribution in [3.8, 4) is 0 Å². The van der Waals surface area contributed by atoms with Gasteiger partial charge in [-0.25, -0.2) is 4.68 Å². The lowest BCUT2D eigenvalue weighted by atomic mass is 10.1. The van der Waals surface area contributed by atoms with E-state index in [-0.39, 0.29) is 11.1 Å². The van der Waals surface area contributed by atoms with Crippen molar-refractivity contribution in [2.75, 3.05) is 5.33 Å². The molecule has 1 N–H and O–H groups in total. The lowest BCUT2D eigenvalue weighted by molar-refractivity contribution is 0.415. The summed E-state index contributed by atoms with van der Waals surface area (Å²) < 4.78 is 1.44. The monoisotopic (exact) mass is 324 g/mol. The maximum Gasteiger partial charge on any atom is 0.273 e. The van der Waals surface area contributed by atoms with E-state index in [1.54, 1.807) is 24.3 Å². The van der Waals surface area contributed by atoms with E-state index in [1.807, 2.05) is 0 Å². The predicted octanol–water partition coefficient (Wildman–Crippen LogP) is 2.50. The van der Waals surface area contributed by atoms with Gasteiger partial charge in [0.25, 0.3) is 11.1 Å². The summed E-state index contributed by atoms with van der Waals surface area (Å²) in [7, 11) is 0. The number of benzene rings is 1. The highest BCUT2D eigenvalue weighted by Crippen LogP contribution is 2.11. The Balaban J connectivity index is 2.47. The van der Waals surface area contributed by atoms with E-state index in [9.17, 15) is 9.59 Å². The van der Waals surface area contributed by atoms with Crippen molar-refractivity contribution in [2.45, 2.75) is 26.3 Å². The molecule has 19 heavy (non-hydrogen) atoms. The maximum atomic E-state index is 12.3. The molecule has 1 aromatic carbocycles. The smallest absolute Gasteiger partial charge is 0.267 e. The van der Waals surface area contributed by atoms with Crippen LogP contribution in [0.3, 0.4) is 0 Å². The van der Waals surface area contributed by atoms with E-state index in [1.165, 1.54) is 4.68 Å². The number of nitrogens with one attached hydrogen (secondary N) is 1. The molecule has 0 aliphatic carbocycles. The van der Waals surface area contributed by atoms with Crippen molar-refractivity contribution in [2.24, 2.45) is 5.92 Å². The highest BCUT2D eigenvalue weighted by Gasteiger charge is 2.11. The Kier molecular flexibility index (Phi) is 4.58. The van der Waals surface area contributed by atoms with E-state index in [0.29, 0.717) is 23.2 Å². The predicted molar refractivity (Wildman–Crippen MR) is 81.0 cm³/mol. The van der Waals surface area contributed by atoms with Crippen molar-refractivity contribution in [1.29, 1.82) is 0 Å². The fourth-order valence-corrected chi connectivity index (χ4v) is 2.79. The first-order valence-corrected chi connectivity index (χ1v) is 7.57. The van der Waals surface area contributed by atoms with Crippen LogP contribution in [0.4, 0.5) is 0 Å². The fourth-order valence-electron chi connectivity index (χ4n) is 2.26. The molecule has 1 aromatic heterocycles. The van der Waals surface area contributed by atoms with Crippen LogP contribution in [-0.2, 0) is 6.54 Å². The molecular formula is C14H17BrN2O2. The summed E-state index contributed by atoms with van der Waals surface area (Å²) in [5.74, 6) is 0.347. The van der Waals surface area contributed by atoms with Gasteiger partial charge in [0, 0.05) is 11.9 Å². The number of fused-ring (bicyclic) bond motifs is 1. The normalized spacial score (nSPS) is 12.7. The van der Waals surface area contributed by atoms with Crippen LogP contribution in [0.2, 0.25) is 0 Å². The standard InChI is InChI=1S/C14H17BrN2O2/c1-2-5-10(8-15)9-17-14(19)12-7-4-3-6-11(12)13(18)16-17/h3-4,6-7,10H,2,5,8-9H2,1H3,(H,16,18). The molecule has 5 heteroatoms. The van der Waals surface area contributed by atoms with Gasteiger partial charge in [-0.15, -0.1) is 0 Å². The summed E-state index contributed by atoms with van der Waals surface area (Å²) >= 11 is 3.46. The van der Waals surface area contributed by atoms with Crippen LogP contribution in [0.5, 0.6) is 0 Å². The minimum atomic E-state index is -0.208. The SMILES string of the molecule is CCCC(CBr)Cn1[nH]c(=O)c2ccccc2c1=O. The molecule has 1 unspecified atom stereocenters. The summed E-state index contributed by atoms with van der Waals surface area (Å²) in [5.41, 5.74) is -0.336. The number of hydrogen-bond acceptors (Lipinski definition) is 2. The van der Waals surface area contributed by atoms with Crippen LogP contribution in [0.1, 0.15) is 19.8 Å². The van der Waals surface area contributed by atoms with Gasteiger partial charge in [0.05, 0.1) is 10.8 Å². The maximum absolute atomic E-state index is 12.3. The highest BCUT2D eigenvalue weighted by molar-refractivity contribution is 9.09. The first-order valence-electron chi connectivity index (χ1n) is 6.45. The number of aromatic amines is 1. The Bertz CT molecular complexity index is 675. The van der Waals surface area contributed by atoms with Crippen molar-refractivity contribution < 1.29 is 0 Å². The Morgan fingerprint density at radius 2 is 1.95 bits per heavy atom. The van der Waals surface area contributed by atoms with Gasteiger partial charge in [-0.2, -0.15) is 0 Å². The van der Waals surface area contributed by atoms with Gasteiger partial charge in [-0.1, -0.05) is 41.4 Å². The van der Waals surface area contributed by atoms with Crippen molar-refractivity contribution in [3.63, 3.8) is 0 Å². The zero-order valence-corrected chi connectivity index (χ0v) is 12.4. The molecule has 0 fully saturated rings. The van der Waals surface area contributed by atoms with E-state index >= 15 is 0 Å². The number of H-pyrrole nitrogens is 1. The summed E-state index contributed by atoms with van der Waals surface area (Å²) in [6.45, 7) is 2.65. The summed E-state index contributed by atoms with van der Waals surface area (Å²) in [6, 6.07) is 6.92. The molecule has 2 rings (SSSR count). The minimum Gasteiger partial charge on any atom is -0.267 e. The average Bonchev–Trinajstić information content (AvgIpc) is 2.44.